The molecule has 0 radical (unpaired) electrons. The second-order valence-corrected chi connectivity index (χ2v) is 6.91. The average Bonchev–Trinajstić information content (AvgIpc) is 2.43. The van der Waals surface area contributed by atoms with Crippen LogP contribution in [0.1, 0.15) is 37.0 Å². The van der Waals surface area contributed by atoms with E-state index in [1.165, 1.54) is 31.3 Å². The molecule has 0 bridgehead atoms. The highest BCUT2D eigenvalue weighted by molar-refractivity contribution is 7.89. The Bertz CT molecular complexity index is 536. The average molecular weight is 298 g/mol. The molecular weight excluding hydrogens is 276 g/mol. The number of amides is 1. The lowest BCUT2D eigenvalue weighted by molar-refractivity contribution is 0.0952. The van der Waals surface area contributed by atoms with Crippen LogP contribution in [0.25, 0.3) is 0 Å². The van der Waals surface area contributed by atoms with Crippen molar-refractivity contribution in [3.63, 3.8) is 0 Å². The predicted molar refractivity (Wildman–Crippen MR) is 79.1 cm³/mol. The minimum atomic E-state index is -3.45. The summed E-state index contributed by atoms with van der Waals surface area (Å²) in [5.74, 6) is 0.445. The van der Waals surface area contributed by atoms with Crippen molar-refractivity contribution >= 4 is 15.9 Å². The van der Waals surface area contributed by atoms with Crippen molar-refractivity contribution in [3.05, 3.63) is 29.8 Å². The molecule has 2 N–H and O–H groups in total. The molecule has 0 saturated heterocycles. The van der Waals surface area contributed by atoms with Crippen molar-refractivity contribution in [3.8, 4) is 0 Å². The van der Waals surface area contributed by atoms with Crippen molar-refractivity contribution in [2.24, 2.45) is 5.92 Å². The van der Waals surface area contributed by atoms with Gasteiger partial charge >= 0.3 is 0 Å². The molecule has 0 aliphatic carbocycles. The smallest absolute Gasteiger partial charge is 0.251 e. The summed E-state index contributed by atoms with van der Waals surface area (Å²) in [5, 5.41) is 2.82. The maximum absolute atomic E-state index is 11.8. The van der Waals surface area contributed by atoms with E-state index in [9.17, 15) is 13.2 Å². The van der Waals surface area contributed by atoms with Gasteiger partial charge in [-0.25, -0.2) is 13.1 Å². The first-order chi connectivity index (χ1) is 9.36. The Balaban J connectivity index is 2.58. The van der Waals surface area contributed by atoms with Crippen molar-refractivity contribution < 1.29 is 13.2 Å². The number of hydrogen-bond donors (Lipinski definition) is 2. The molecule has 0 aromatic heterocycles. The van der Waals surface area contributed by atoms with Crippen LogP contribution in [0.4, 0.5) is 0 Å². The van der Waals surface area contributed by atoms with Gasteiger partial charge in [0.05, 0.1) is 4.90 Å². The molecule has 1 aromatic carbocycles. The normalized spacial score (nSPS) is 11.6. The first-order valence-electron chi connectivity index (χ1n) is 6.68. The molecule has 0 aliphatic heterocycles. The second-order valence-electron chi connectivity index (χ2n) is 5.02. The fourth-order valence-electron chi connectivity index (χ4n) is 1.72. The molecule has 6 heteroatoms. The van der Waals surface area contributed by atoms with E-state index >= 15 is 0 Å². The number of sulfonamides is 1. The van der Waals surface area contributed by atoms with E-state index in [0.717, 1.165) is 12.8 Å². The molecular formula is C14H22N2O3S. The summed E-state index contributed by atoms with van der Waals surface area (Å²) >= 11 is 0. The molecule has 1 rings (SSSR count). The predicted octanol–water partition coefficient (Wildman–Crippen LogP) is 1.76. The number of nitrogens with one attached hydrogen (secondary N) is 2. The highest BCUT2D eigenvalue weighted by Gasteiger charge is 2.12. The monoisotopic (exact) mass is 298 g/mol. The number of rotatable bonds is 7. The first-order valence-corrected chi connectivity index (χ1v) is 8.17. The summed E-state index contributed by atoms with van der Waals surface area (Å²) in [6.45, 7) is 4.92. The number of hydrogen-bond acceptors (Lipinski definition) is 3. The fraction of sp³-hybridized carbons (Fsp3) is 0.500. The van der Waals surface area contributed by atoms with E-state index in [-0.39, 0.29) is 10.8 Å². The van der Waals surface area contributed by atoms with Crippen LogP contribution in [0.15, 0.2) is 29.2 Å². The maximum atomic E-state index is 11.8. The van der Waals surface area contributed by atoms with Gasteiger partial charge in [0.1, 0.15) is 0 Å². The Hall–Kier alpha value is -1.40. The van der Waals surface area contributed by atoms with Crippen LogP contribution >= 0.6 is 0 Å². The van der Waals surface area contributed by atoms with Crippen molar-refractivity contribution in [1.82, 2.24) is 10.0 Å². The van der Waals surface area contributed by atoms with Gasteiger partial charge in [-0.2, -0.15) is 0 Å². The fourth-order valence-corrected chi connectivity index (χ4v) is 2.45. The molecule has 0 spiro atoms. The lowest BCUT2D eigenvalue weighted by Crippen LogP contribution is -2.25. The van der Waals surface area contributed by atoms with E-state index in [1.807, 2.05) is 0 Å². The van der Waals surface area contributed by atoms with E-state index in [4.69, 9.17) is 0 Å². The van der Waals surface area contributed by atoms with Gasteiger partial charge in [0, 0.05) is 12.1 Å². The SMILES string of the molecule is CNS(=O)(=O)c1ccc(C(=O)NCCCC(C)C)cc1. The Labute approximate surface area is 120 Å². The van der Waals surface area contributed by atoms with Crippen LogP contribution in [-0.2, 0) is 10.0 Å². The van der Waals surface area contributed by atoms with E-state index in [2.05, 4.69) is 23.9 Å². The summed E-state index contributed by atoms with van der Waals surface area (Å²) in [6.07, 6.45) is 2.01. The number of carbonyl (C=O) groups excluding carboxylic acids is 1. The van der Waals surface area contributed by atoms with E-state index in [0.29, 0.717) is 18.0 Å². The van der Waals surface area contributed by atoms with Crippen LogP contribution in [-0.4, -0.2) is 27.9 Å². The molecule has 112 valence electrons. The third-order valence-electron chi connectivity index (χ3n) is 2.94. The quantitative estimate of drug-likeness (QED) is 0.753. The lowest BCUT2D eigenvalue weighted by atomic mass is 10.1. The Morgan fingerprint density at radius 3 is 2.30 bits per heavy atom. The lowest BCUT2D eigenvalue weighted by Gasteiger charge is -2.07. The summed E-state index contributed by atoms with van der Waals surface area (Å²) in [4.78, 5) is 12.0. The van der Waals surface area contributed by atoms with Gasteiger partial charge in [-0.05, 0) is 50.1 Å². The van der Waals surface area contributed by atoms with Crippen LogP contribution in [0, 0.1) is 5.92 Å². The molecule has 1 aromatic rings. The number of carbonyl (C=O) groups is 1. The minimum Gasteiger partial charge on any atom is -0.352 e. The van der Waals surface area contributed by atoms with Gasteiger partial charge in [0.2, 0.25) is 10.0 Å². The zero-order chi connectivity index (χ0) is 15.2. The van der Waals surface area contributed by atoms with Crippen molar-refractivity contribution in [1.29, 1.82) is 0 Å². The van der Waals surface area contributed by atoms with Gasteiger partial charge in [0.15, 0.2) is 0 Å². The Morgan fingerprint density at radius 1 is 1.20 bits per heavy atom. The minimum absolute atomic E-state index is 0.149. The Kier molecular flexibility index (Phi) is 6.16. The van der Waals surface area contributed by atoms with Crippen LogP contribution in [0.5, 0.6) is 0 Å². The van der Waals surface area contributed by atoms with Crippen LogP contribution in [0.2, 0.25) is 0 Å². The highest BCUT2D eigenvalue weighted by atomic mass is 32.2. The first kappa shape index (κ1) is 16.7. The van der Waals surface area contributed by atoms with Gasteiger partial charge < -0.3 is 5.32 Å². The topological polar surface area (TPSA) is 75.3 Å². The van der Waals surface area contributed by atoms with Gasteiger partial charge in [-0.15, -0.1) is 0 Å². The van der Waals surface area contributed by atoms with Gasteiger partial charge in [0.25, 0.3) is 5.91 Å². The number of benzene rings is 1. The zero-order valence-electron chi connectivity index (χ0n) is 12.1. The van der Waals surface area contributed by atoms with Crippen molar-refractivity contribution in [2.45, 2.75) is 31.6 Å². The summed E-state index contributed by atoms with van der Waals surface area (Å²) in [7, 11) is -2.10. The second kappa shape index (κ2) is 7.40. The molecule has 0 atom stereocenters. The van der Waals surface area contributed by atoms with Gasteiger partial charge in [-0.1, -0.05) is 13.8 Å². The third kappa shape index (κ3) is 4.94. The van der Waals surface area contributed by atoms with Gasteiger partial charge in [-0.3, -0.25) is 4.79 Å². The summed E-state index contributed by atoms with van der Waals surface area (Å²) in [6, 6.07) is 5.88. The molecule has 0 saturated carbocycles. The van der Waals surface area contributed by atoms with Crippen molar-refractivity contribution in [2.75, 3.05) is 13.6 Å². The standard InChI is InChI=1S/C14H22N2O3S/c1-11(2)5-4-10-16-14(17)12-6-8-13(9-7-12)20(18,19)15-3/h6-9,11,15H,4-5,10H2,1-3H3,(H,16,17). The summed E-state index contributed by atoms with van der Waals surface area (Å²) < 4.78 is 25.3. The summed E-state index contributed by atoms with van der Waals surface area (Å²) in [5.41, 5.74) is 0.463. The molecule has 20 heavy (non-hydrogen) atoms. The van der Waals surface area contributed by atoms with Crippen LogP contribution < -0.4 is 10.0 Å². The highest BCUT2D eigenvalue weighted by Crippen LogP contribution is 2.10. The third-order valence-corrected chi connectivity index (χ3v) is 4.37. The van der Waals surface area contributed by atoms with Crippen LogP contribution in [0.3, 0.4) is 0 Å². The molecule has 0 fully saturated rings. The molecule has 5 nitrogen and oxygen atoms in total. The maximum Gasteiger partial charge on any atom is 0.251 e. The largest absolute Gasteiger partial charge is 0.352 e. The zero-order valence-corrected chi connectivity index (χ0v) is 13.0. The van der Waals surface area contributed by atoms with E-state index in [1.54, 1.807) is 0 Å². The molecule has 0 unspecified atom stereocenters. The molecule has 0 aliphatic rings. The molecule has 1 amide bonds. The Morgan fingerprint density at radius 2 is 1.80 bits per heavy atom. The molecule has 0 heterocycles. The van der Waals surface area contributed by atoms with E-state index < -0.39 is 10.0 Å².